The lowest BCUT2D eigenvalue weighted by Crippen LogP contribution is -2.29. The molecule has 2 N–H and O–H groups in total. The largest absolute Gasteiger partial charge is 0.359 e. The minimum Gasteiger partial charge on any atom is -0.359 e. The molecule has 7 nitrogen and oxygen atoms in total. The van der Waals surface area contributed by atoms with E-state index in [0.29, 0.717) is 24.4 Å². The van der Waals surface area contributed by atoms with E-state index in [1.807, 2.05) is 42.6 Å². The first-order valence-electron chi connectivity index (χ1n) is 7.52. The first kappa shape index (κ1) is 15.1. The van der Waals surface area contributed by atoms with Gasteiger partial charge in [0.1, 0.15) is 17.0 Å². The van der Waals surface area contributed by atoms with Gasteiger partial charge in [-0.1, -0.05) is 18.1 Å². The van der Waals surface area contributed by atoms with Crippen LogP contribution >= 0.6 is 0 Å². The SMILES string of the molecule is CCc1noc(C)c1NC(=O)NCc1c(C)nc2ccccn12. The average molecular weight is 313 g/mol. The predicted molar refractivity (Wildman–Crippen MR) is 86.4 cm³/mol. The number of hydrogen-bond donors (Lipinski definition) is 2. The molecule has 0 aliphatic rings. The summed E-state index contributed by atoms with van der Waals surface area (Å²) < 4.78 is 7.08. The third-order valence-electron chi connectivity index (χ3n) is 3.75. The zero-order valence-corrected chi connectivity index (χ0v) is 13.4. The molecule has 0 aliphatic carbocycles. The number of fused-ring (bicyclic) bond motifs is 1. The van der Waals surface area contributed by atoms with Gasteiger partial charge in [0.25, 0.3) is 0 Å². The fraction of sp³-hybridized carbons (Fsp3) is 0.312. The predicted octanol–water partition coefficient (Wildman–Crippen LogP) is 2.82. The summed E-state index contributed by atoms with van der Waals surface area (Å²) in [6.45, 7) is 6.05. The molecule has 0 spiro atoms. The highest BCUT2D eigenvalue weighted by molar-refractivity contribution is 5.90. The number of carbonyl (C=O) groups excluding carboxylic acids is 1. The van der Waals surface area contributed by atoms with Gasteiger partial charge in [-0.2, -0.15) is 0 Å². The molecule has 0 unspecified atom stereocenters. The number of aryl methyl sites for hydroxylation is 3. The lowest BCUT2D eigenvalue weighted by atomic mass is 10.2. The molecule has 3 aromatic rings. The Bertz CT molecular complexity index is 849. The summed E-state index contributed by atoms with van der Waals surface area (Å²) in [6.07, 6.45) is 2.63. The minimum atomic E-state index is -0.295. The molecule has 0 saturated heterocycles. The van der Waals surface area contributed by atoms with Crippen molar-refractivity contribution in [2.45, 2.75) is 33.7 Å². The Morgan fingerprint density at radius 1 is 1.35 bits per heavy atom. The van der Waals surface area contributed by atoms with Crippen LogP contribution < -0.4 is 10.6 Å². The van der Waals surface area contributed by atoms with Crippen LogP contribution in [-0.4, -0.2) is 20.6 Å². The highest BCUT2D eigenvalue weighted by Crippen LogP contribution is 2.20. The van der Waals surface area contributed by atoms with Crippen molar-refractivity contribution in [1.82, 2.24) is 19.9 Å². The van der Waals surface area contributed by atoms with Crippen molar-refractivity contribution in [2.75, 3.05) is 5.32 Å². The maximum atomic E-state index is 12.2. The monoisotopic (exact) mass is 313 g/mol. The smallest absolute Gasteiger partial charge is 0.319 e. The Balaban J connectivity index is 1.71. The first-order chi connectivity index (χ1) is 11.1. The van der Waals surface area contributed by atoms with Gasteiger partial charge in [0.05, 0.1) is 17.9 Å². The maximum Gasteiger partial charge on any atom is 0.319 e. The van der Waals surface area contributed by atoms with Crippen LogP contribution in [-0.2, 0) is 13.0 Å². The van der Waals surface area contributed by atoms with Crippen LogP contribution in [0.4, 0.5) is 10.5 Å². The molecule has 0 bridgehead atoms. The molecule has 3 rings (SSSR count). The number of aromatic nitrogens is 3. The number of imidazole rings is 1. The molecule has 7 heteroatoms. The summed E-state index contributed by atoms with van der Waals surface area (Å²) in [5, 5.41) is 9.58. The van der Waals surface area contributed by atoms with Gasteiger partial charge in [-0.15, -0.1) is 0 Å². The number of hydrogen-bond acceptors (Lipinski definition) is 4. The van der Waals surface area contributed by atoms with Crippen LogP contribution in [0.1, 0.15) is 29.8 Å². The highest BCUT2D eigenvalue weighted by Gasteiger charge is 2.15. The molecule has 0 fully saturated rings. The van der Waals surface area contributed by atoms with E-state index < -0.39 is 0 Å². The molecule has 2 amide bonds. The van der Waals surface area contributed by atoms with Gasteiger partial charge in [-0.05, 0) is 32.4 Å². The second-order valence-electron chi connectivity index (χ2n) is 5.29. The number of carbonyl (C=O) groups is 1. The Kier molecular flexibility index (Phi) is 4.01. The highest BCUT2D eigenvalue weighted by atomic mass is 16.5. The van der Waals surface area contributed by atoms with E-state index in [1.165, 1.54) is 0 Å². The molecule has 23 heavy (non-hydrogen) atoms. The number of anilines is 1. The quantitative estimate of drug-likeness (QED) is 0.775. The standard InChI is InChI=1S/C16H19N5O2/c1-4-12-15(11(3)23-20-12)19-16(22)17-9-13-10(2)18-14-7-5-6-8-21(13)14/h5-8H,4,9H2,1-3H3,(H2,17,19,22). The van der Waals surface area contributed by atoms with Crippen molar-refractivity contribution in [2.24, 2.45) is 0 Å². The minimum absolute atomic E-state index is 0.295. The van der Waals surface area contributed by atoms with Gasteiger partial charge in [0.15, 0.2) is 5.76 Å². The number of amides is 2. The van der Waals surface area contributed by atoms with E-state index in [0.717, 1.165) is 22.7 Å². The maximum absolute atomic E-state index is 12.2. The fourth-order valence-electron chi connectivity index (χ4n) is 2.52. The first-order valence-corrected chi connectivity index (χ1v) is 7.52. The summed E-state index contributed by atoms with van der Waals surface area (Å²) >= 11 is 0. The van der Waals surface area contributed by atoms with Gasteiger partial charge >= 0.3 is 6.03 Å². The molecule has 3 heterocycles. The van der Waals surface area contributed by atoms with E-state index in [4.69, 9.17) is 4.52 Å². The molecular weight excluding hydrogens is 294 g/mol. The van der Waals surface area contributed by atoms with Crippen molar-refractivity contribution in [3.63, 3.8) is 0 Å². The van der Waals surface area contributed by atoms with Crippen molar-refractivity contribution >= 4 is 17.4 Å². The second-order valence-corrected chi connectivity index (χ2v) is 5.29. The zero-order valence-electron chi connectivity index (χ0n) is 13.4. The van der Waals surface area contributed by atoms with Crippen LogP contribution in [0.5, 0.6) is 0 Å². The fourth-order valence-corrected chi connectivity index (χ4v) is 2.52. The second kappa shape index (κ2) is 6.12. The molecular formula is C16H19N5O2. The van der Waals surface area contributed by atoms with E-state index in [9.17, 15) is 4.79 Å². The molecule has 120 valence electrons. The zero-order chi connectivity index (χ0) is 16.4. The average Bonchev–Trinajstić information content (AvgIpc) is 3.05. The normalized spacial score (nSPS) is 10.9. The topological polar surface area (TPSA) is 84.5 Å². The van der Waals surface area contributed by atoms with Crippen LogP contribution in [0.25, 0.3) is 5.65 Å². The molecule has 0 radical (unpaired) electrons. The van der Waals surface area contributed by atoms with Crippen LogP contribution in [0.15, 0.2) is 28.9 Å². The Hall–Kier alpha value is -2.83. The van der Waals surface area contributed by atoms with Gasteiger partial charge in [-0.3, -0.25) is 0 Å². The van der Waals surface area contributed by atoms with E-state index >= 15 is 0 Å². The summed E-state index contributed by atoms with van der Waals surface area (Å²) in [4.78, 5) is 16.6. The molecule has 0 saturated carbocycles. The van der Waals surface area contributed by atoms with Crippen LogP contribution in [0, 0.1) is 13.8 Å². The lowest BCUT2D eigenvalue weighted by molar-refractivity contribution is 0.251. The third kappa shape index (κ3) is 2.90. The van der Waals surface area contributed by atoms with Crippen molar-refractivity contribution in [3.05, 3.63) is 47.2 Å². The van der Waals surface area contributed by atoms with Crippen molar-refractivity contribution in [1.29, 1.82) is 0 Å². The van der Waals surface area contributed by atoms with Crippen molar-refractivity contribution < 1.29 is 9.32 Å². The summed E-state index contributed by atoms with van der Waals surface area (Å²) in [6, 6.07) is 5.51. The Labute approximate surface area is 133 Å². The summed E-state index contributed by atoms with van der Waals surface area (Å²) in [7, 11) is 0. The number of rotatable bonds is 4. The van der Waals surface area contributed by atoms with Crippen LogP contribution in [0.3, 0.4) is 0 Å². The molecule has 0 aromatic carbocycles. The van der Waals surface area contributed by atoms with Gasteiger partial charge in [0, 0.05) is 6.20 Å². The van der Waals surface area contributed by atoms with Gasteiger partial charge in [-0.25, -0.2) is 9.78 Å². The third-order valence-corrected chi connectivity index (χ3v) is 3.75. The van der Waals surface area contributed by atoms with Gasteiger partial charge < -0.3 is 19.6 Å². The lowest BCUT2D eigenvalue weighted by Gasteiger charge is -2.08. The number of pyridine rings is 1. The van der Waals surface area contributed by atoms with Crippen LogP contribution in [0.2, 0.25) is 0 Å². The van der Waals surface area contributed by atoms with Gasteiger partial charge in [0.2, 0.25) is 0 Å². The molecule has 0 atom stereocenters. The van der Waals surface area contributed by atoms with E-state index in [1.54, 1.807) is 6.92 Å². The summed E-state index contributed by atoms with van der Waals surface area (Å²) in [5.41, 5.74) is 4.09. The summed E-state index contributed by atoms with van der Waals surface area (Å²) in [5.74, 6) is 0.600. The number of urea groups is 1. The van der Waals surface area contributed by atoms with E-state index in [-0.39, 0.29) is 6.03 Å². The Morgan fingerprint density at radius 3 is 2.96 bits per heavy atom. The number of nitrogens with one attached hydrogen (secondary N) is 2. The molecule has 0 aliphatic heterocycles. The van der Waals surface area contributed by atoms with Crippen molar-refractivity contribution in [3.8, 4) is 0 Å². The number of nitrogens with zero attached hydrogens (tertiary/aromatic N) is 3. The molecule has 3 aromatic heterocycles. The Morgan fingerprint density at radius 2 is 2.17 bits per heavy atom. The van der Waals surface area contributed by atoms with E-state index in [2.05, 4.69) is 20.8 Å².